The van der Waals surface area contributed by atoms with Gasteiger partial charge in [-0.1, -0.05) is 0 Å². The van der Waals surface area contributed by atoms with Crippen molar-refractivity contribution in [3.05, 3.63) is 23.8 Å². The molecule has 5 heteroatoms. The molecule has 0 bridgehead atoms. The molecule has 1 heterocycles. The van der Waals surface area contributed by atoms with Crippen molar-refractivity contribution in [1.82, 2.24) is 4.31 Å². The highest BCUT2D eigenvalue weighted by molar-refractivity contribution is 7.89. The minimum Gasteiger partial charge on any atom is -0.496 e. The third-order valence-electron chi connectivity index (χ3n) is 3.07. The number of benzene rings is 1. The highest BCUT2D eigenvalue weighted by Crippen LogP contribution is 2.25. The molecule has 2 rings (SSSR count). The van der Waals surface area contributed by atoms with Gasteiger partial charge in [-0.2, -0.15) is 4.31 Å². The Bertz CT molecular complexity index is 504. The van der Waals surface area contributed by atoms with Gasteiger partial charge in [0.15, 0.2) is 0 Å². The van der Waals surface area contributed by atoms with Crippen LogP contribution in [0.4, 0.5) is 0 Å². The monoisotopic (exact) mass is 255 g/mol. The fourth-order valence-electron chi connectivity index (χ4n) is 2.09. The van der Waals surface area contributed by atoms with Crippen molar-refractivity contribution in [3.63, 3.8) is 0 Å². The van der Waals surface area contributed by atoms with Crippen molar-refractivity contribution >= 4 is 10.0 Å². The molecule has 1 aliphatic heterocycles. The molecule has 4 nitrogen and oxygen atoms in total. The summed E-state index contributed by atoms with van der Waals surface area (Å²) in [6, 6.07) is 4.99. The lowest BCUT2D eigenvalue weighted by molar-refractivity contribution is 0.411. The van der Waals surface area contributed by atoms with Gasteiger partial charge in [-0.3, -0.25) is 0 Å². The fourth-order valence-corrected chi connectivity index (χ4v) is 3.69. The second-order valence-electron chi connectivity index (χ2n) is 4.24. The summed E-state index contributed by atoms with van der Waals surface area (Å²) >= 11 is 0. The molecule has 0 aromatic heterocycles. The minimum absolute atomic E-state index is 0.359. The van der Waals surface area contributed by atoms with E-state index in [1.165, 1.54) is 0 Å². The predicted octanol–water partition coefficient (Wildman–Crippen LogP) is 1.79. The molecule has 17 heavy (non-hydrogen) atoms. The molecule has 0 aliphatic carbocycles. The average molecular weight is 255 g/mol. The standard InChI is InChI=1S/C12H17NO3S/c1-10-9-11(5-6-12(10)16-2)17(14,15)13-7-3-4-8-13/h5-6,9H,3-4,7-8H2,1-2H3. The van der Waals surface area contributed by atoms with Gasteiger partial charge in [0.05, 0.1) is 12.0 Å². The van der Waals surface area contributed by atoms with Crippen LogP contribution in [-0.4, -0.2) is 32.9 Å². The molecule has 1 saturated heterocycles. The van der Waals surface area contributed by atoms with E-state index < -0.39 is 10.0 Å². The van der Waals surface area contributed by atoms with E-state index in [0.717, 1.165) is 18.4 Å². The lowest BCUT2D eigenvalue weighted by atomic mass is 10.2. The summed E-state index contributed by atoms with van der Waals surface area (Å²) in [5.41, 5.74) is 0.841. The number of nitrogens with zero attached hydrogens (tertiary/aromatic N) is 1. The fraction of sp³-hybridized carbons (Fsp3) is 0.500. The number of hydrogen-bond acceptors (Lipinski definition) is 3. The maximum atomic E-state index is 12.3. The molecule has 0 atom stereocenters. The van der Waals surface area contributed by atoms with Crippen LogP contribution in [0, 0.1) is 6.92 Å². The van der Waals surface area contributed by atoms with Gasteiger partial charge in [0.25, 0.3) is 0 Å². The molecular formula is C12H17NO3S. The van der Waals surface area contributed by atoms with Gasteiger partial charge in [-0.05, 0) is 43.5 Å². The van der Waals surface area contributed by atoms with Crippen molar-refractivity contribution in [2.75, 3.05) is 20.2 Å². The molecule has 0 N–H and O–H groups in total. The van der Waals surface area contributed by atoms with Crippen molar-refractivity contribution in [2.45, 2.75) is 24.7 Å². The van der Waals surface area contributed by atoms with Crippen LogP contribution < -0.4 is 4.74 Å². The molecule has 1 aliphatic rings. The predicted molar refractivity (Wildman–Crippen MR) is 65.7 cm³/mol. The van der Waals surface area contributed by atoms with Crippen molar-refractivity contribution in [3.8, 4) is 5.75 Å². The zero-order chi connectivity index (χ0) is 12.5. The Morgan fingerprint density at radius 3 is 2.41 bits per heavy atom. The van der Waals surface area contributed by atoms with E-state index in [2.05, 4.69) is 0 Å². The number of aryl methyl sites for hydroxylation is 1. The smallest absolute Gasteiger partial charge is 0.243 e. The van der Waals surface area contributed by atoms with E-state index in [1.54, 1.807) is 29.6 Å². The van der Waals surface area contributed by atoms with Gasteiger partial charge in [0, 0.05) is 13.1 Å². The summed E-state index contributed by atoms with van der Waals surface area (Å²) in [6.07, 6.45) is 1.91. The zero-order valence-corrected chi connectivity index (χ0v) is 11.0. The summed E-state index contributed by atoms with van der Waals surface area (Å²) in [6.45, 7) is 3.11. The van der Waals surface area contributed by atoms with Gasteiger partial charge in [-0.15, -0.1) is 0 Å². The second-order valence-corrected chi connectivity index (χ2v) is 6.18. The molecule has 0 saturated carbocycles. The molecule has 0 spiro atoms. The zero-order valence-electron chi connectivity index (χ0n) is 10.1. The van der Waals surface area contributed by atoms with Gasteiger partial charge in [0.1, 0.15) is 5.75 Å². The maximum absolute atomic E-state index is 12.3. The Morgan fingerprint density at radius 2 is 1.88 bits per heavy atom. The Labute approximate surface area is 102 Å². The van der Waals surface area contributed by atoms with E-state index in [4.69, 9.17) is 4.74 Å². The third kappa shape index (κ3) is 2.30. The number of ether oxygens (including phenoxy) is 1. The summed E-state index contributed by atoms with van der Waals surface area (Å²) in [7, 11) is -1.73. The van der Waals surface area contributed by atoms with Crippen LogP contribution in [0.5, 0.6) is 5.75 Å². The Balaban J connectivity index is 2.36. The van der Waals surface area contributed by atoms with Crippen LogP contribution >= 0.6 is 0 Å². The molecule has 0 amide bonds. The van der Waals surface area contributed by atoms with Crippen LogP contribution in [0.15, 0.2) is 23.1 Å². The normalized spacial score (nSPS) is 17.3. The van der Waals surface area contributed by atoms with Gasteiger partial charge >= 0.3 is 0 Å². The topological polar surface area (TPSA) is 46.6 Å². The summed E-state index contributed by atoms with van der Waals surface area (Å²) in [5, 5.41) is 0. The first-order chi connectivity index (χ1) is 8.05. The number of hydrogen-bond donors (Lipinski definition) is 0. The summed E-state index contributed by atoms with van der Waals surface area (Å²) < 4.78 is 31.2. The molecule has 0 radical (unpaired) electrons. The van der Waals surface area contributed by atoms with Crippen molar-refractivity contribution < 1.29 is 13.2 Å². The van der Waals surface area contributed by atoms with Crippen molar-refractivity contribution in [1.29, 1.82) is 0 Å². The number of sulfonamides is 1. The molecule has 1 fully saturated rings. The molecule has 94 valence electrons. The molecule has 0 unspecified atom stereocenters. The highest BCUT2D eigenvalue weighted by Gasteiger charge is 2.27. The first-order valence-electron chi connectivity index (χ1n) is 5.70. The summed E-state index contributed by atoms with van der Waals surface area (Å²) in [5.74, 6) is 0.713. The second kappa shape index (κ2) is 4.66. The maximum Gasteiger partial charge on any atom is 0.243 e. The van der Waals surface area contributed by atoms with E-state index in [-0.39, 0.29) is 0 Å². The first kappa shape index (κ1) is 12.4. The minimum atomic E-state index is -3.31. The third-order valence-corrected chi connectivity index (χ3v) is 4.96. The summed E-state index contributed by atoms with van der Waals surface area (Å²) in [4.78, 5) is 0.359. The van der Waals surface area contributed by atoms with Crippen molar-refractivity contribution in [2.24, 2.45) is 0 Å². The van der Waals surface area contributed by atoms with Gasteiger partial charge < -0.3 is 4.74 Å². The molecule has 1 aromatic carbocycles. The molecule has 1 aromatic rings. The average Bonchev–Trinajstić information content (AvgIpc) is 2.83. The van der Waals surface area contributed by atoms with E-state index in [1.807, 2.05) is 6.92 Å². The lowest BCUT2D eigenvalue weighted by Crippen LogP contribution is -2.27. The van der Waals surface area contributed by atoms with Crippen LogP contribution in [0.1, 0.15) is 18.4 Å². The van der Waals surface area contributed by atoms with E-state index in [0.29, 0.717) is 23.7 Å². The number of rotatable bonds is 3. The van der Waals surface area contributed by atoms with Gasteiger partial charge in [0.2, 0.25) is 10.0 Å². The van der Waals surface area contributed by atoms with Crippen LogP contribution in [-0.2, 0) is 10.0 Å². The first-order valence-corrected chi connectivity index (χ1v) is 7.14. The van der Waals surface area contributed by atoms with E-state index in [9.17, 15) is 8.42 Å². The largest absolute Gasteiger partial charge is 0.496 e. The van der Waals surface area contributed by atoms with Gasteiger partial charge in [-0.25, -0.2) is 8.42 Å². The number of methoxy groups -OCH3 is 1. The Morgan fingerprint density at radius 1 is 1.24 bits per heavy atom. The Kier molecular flexibility index (Phi) is 3.40. The SMILES string of the molecule is COc1ccc(S(=O)(=O)N2CCCC2)cc1C. The van der Waals surface area contributed by atoms with Crippen LogP contribution in [0.3, 0.4) is 0 Å². The lowest BCUT2D eigenvalue weighted by Gasteiger charge is -2.16. The van der Waals surface area contributed by atoms with E-state index >= 15 is 0 Å². The van der Waals surface area contributed by atoms with Crippen LogP contribution in [0.25, 0.3) is 0 Å². The highest BCUT2D eigenvalue weighted by atomic mass is 32.2. The molecular weight excluding hydrogens is 238 g/mol. The van der Waals surface area contributed by atoms with Crippen LogP contribution in [0.2, 0.25) is 0 Å². The Hall–Kier alpha value is -1.07. The quantitative estimate of drug-likeness (QED) is 0.827.